The van der Waals surface area contributed by atoms with Crippen LogP contribution < -0.4 is 10.6 Å². The van der Waals surface area contributed by atoms with Crippen molar-refractivity contribution in [1.29, 1.82) is 0 Å². The Hall–Kier alpha value is -2.88. The molecule has 4 nitrogen and oxygen atoms in total. The van der Waals surface area contributed by atoms with Crippen molar-refractivity contribution in [3.05, 3.63) is 71.4 Å². The number of fused-ring (bicyclic) bond motifs is 2. The molecule has 0 amide bonds. The van der Waals surface area contributed by atoms with Crippen LogP contribution in [-0.4, -0.2) is 15.6 Å². The average molecular weight is 276 g/mol. The molecule has 0 saturated carbocycles. The van der Waals surface area contributed by atoms with Crippen molar-refractivity contribution in [2.45, 2.75) is 5.66 Å². The van der Waals surface area contributed by atoms with Crippen molar-refractivity contribution in [2.24, 2.45) is 4.99 Å². The summed E-state index contributed by atoms with van der Waals surface area (Å²) >= 11 is 0. The summed E-state index contributed by atoms with van der Waals surface area (Å²) in [7, 11) is 0. The average Bonchev–Trinajstić information content (AvgIpc) is 3.09. The van der Waals surface area contributed by atoms with E-state index in [2.05, 4.69) is 4.99 Å². The Kier molecular flexibility index (Phi) is 2.30. The van der Waals surface area contributed by atoms with Crippen LogP contribution in [0.2, 0.25) is 0 Å². The standard InChI is InChI=1S/C17H12N2O2/c20-16(21)17(11-13-6-1-3-7-14(13)18-17)19-10-9-12-5-2-4-8-15(12)19/h1-11H,(H,20,21). The molecule has 4 heteroatoms. The van der Waals surface area contributed by atoms with Crippen LogP contribution in [0.1, 0.15) is 0 Å². The zero-order valence-electron chi connectivity index (χ0n) is 11.1. The molecule has 0 radical (unpaired) electrons. The Morgan fingerprint density at radius 3 is 2.62 bits per heavy atom. The van der Waals surface area contributed by atoms with E-state index >= 15 is 0 Å². The van der Waals surface area contributed by atoms with Gasteiger partial charge in [-0.1, -0.05) is 36.4 Å². The fraction of sp³-hybridized carbons (Fsp3) is 0.0588. The molecule has 21 heavy (non-hydrogen) atoms. The first-order chi connectivity index (χ1) is 10.2. The number of carboxylic acids is 1. The Balaban J connectivity index is 2.08. The zero-order valence-corrected chi connectivity index (χ0v) is 11.1. The molecule has 0 spiro atoms. The lowest BCUT2D eigenvalue weighted by Crippen LogP contribution is -2.36. The molecule has 1 aromatic heterocycles. The minimum Gasteiger partial charge on any atom is -0.478 e. The van der Waals surface area contributed by atoms with Gasteiger partial charge in [-0.05, 0) is 29.7 Å². The first kappa shape index (κ1) is 11.9. The molecule has 1 N–H and O–H groups in total. The van der Waals surface area contributed by atoms with Gasteiger partial charge < -0.3 is 9.67 Å². The molecule has 1 atom stereocenters. The molecule has 0 bridgehead atoms. The Bertz CT molecular complexity index is 950. The van der Waals surface area contributed by atoms with E-state index in [9.17, 15) is 9.90 Å². The second-order valence-electron chi connectivity index (χ2n) is 5.09. The number of carboxylic acid groups (broad SMARTS) is 1. The number of nitrogens with zero attached hydrogens (tertiary/aromatic N) is 2. The normalized spacial score (nSPS) is 19.8. The van der Waals surface area contributed by atoms with Gasteiger partial charge in [0.15, 0.2) is 0 Å². The molecule has 1 aliphatic rings. The molecule has 4 rings (SSSR count). The quantitative estimate of drug-likeness (QED) is 0.771. The molecule has 0 saturated heterocycles. The number of carbonyl (C=O) groups is 1. The van der Waals surface area contributed by atoms with Gasteiger partial charge in [-0.25, -0.2) is 9.79 Å². The van der Waals surface area contributed by atoms with Crippen molar-refractivity contribution in [2.75, 3.05) is 0 Å². The van der Waals surface area contributed by atoms with E-state index in [0.717, 1.165) is 16.1 Å². The first-order valence-electron chi connectivity index (χ1n) is 6.68. The lowest BCUT2D eigenvalue weighted by molar-refractivity contribution is -0.143. The highest BCUT2D eigenvalue weighted by atomic mass is 16.4. The van der Waals surface area contributed by atoms with Crippen LogP contribution in [0.15, 0.2) is 65.8 Å². The van der Waals surface area contributed by atoms with Crippen molar-refractivity contribution in [3.63, 3.8) is 0 Å². The van der Waals surface area contributed by atoms with E-state index in [4.69, 9.17) is 0 Å². The van der Waals surface area contributed by atoms with Crippen molar-refractivity contribution in [3.8, 4) is 0 Å². The fourth-order valence-corrected chi connectivity index (χ4v) is 2.86. The van der Waals surface area contributed by atoms with Crippen LogP contribution in [0, 0.1) is 0 Å². The molecule has 1 aliphatic heterocycles. The van der Waals surface area contributed by atoms with E-state index in [1.54, 1.807) is 16.8 Å². The maximum atomic E-state index is 12.0. The second-order valence-corrected chi connectivity index (χ2v) is 5.09. The lowest BCUT2D eigenvalue weighted by atomic mass is 10.1. The van der Waals surface area contributed by atoms with E-state index < -0.39 is 11.6 Å². The van der Waals surface area contributed by atoms with Gasteiger partial charge in [0.2, 0.25) is 0 Å². The predicted molar refractivity (Wildman–Crippen MR) is 79.2 cm³/mol. The summed E-state index contributed by atoms with van der Waals surface area (Å²) in [5, 5.41) is 12.4. The van der Waals surface area contributed by atoms with E-state index in [0.29, 0.717) is 5.36 Å². The highest BCUT2D eigenvalue weighted by Gasteiger charge is 2.40. The minimum absolute atomic E-state index is 0.706. The molecule has 0 aliphatic carbocycles. The van der Waals surface area contributed by atoms with Crippen LogP contribution in [-0.2, 0) is 10.5 Å². The van der Waals surface area contributed by atoms with Gasteiger partial charge in [-0.15, -0.1) is 0 Å². The van der Waals surface area contributed by atoms with Gasteiger partial charge in [0.25, 0.3) is 5.66 Å². The van der Waals surface area contributed by atoms with E-state index in [-0.39, 0.29) is 0 Å². The zero-order chi connectivity index (χ0) is 14.4. The highest BCUT2D eigenvalue weighted by Crippen LogP contribution is 2.28. The minimum atomic E-state index is -1.41. The molecular formula is C17H12N2O2. The van der Waals surface area contributed by atoms with Crippen LogP contribution in [0.5, 0.6) is 0 Å². The summed E-state index contributed by atoms with van der Waals surface area (Å²) < 4.78 is 1.71. The smallest absolute Gasteiger partial charge is 0.357 e. The fourth-order valence-electron chi connectivity index (χ4n) is 2.86. The number of para-hydroxylation sites is 2. The molecule has 3 aromatic rings. The van der Waals surface area contributed by atoms with Crippen LogP contribution in [0.4, 0.5) is 0 Å². The van der Waals surface area contributed by atoms with E-state index in [1.165, 1.54) is 0 Å². The summed E-state index contributed by atoms with van der Waals surface area (Å²) in [6.07, 6.45) is 3.49. The maximum absolute atomic E-state index is 12.0. The Morgan fingerprint density at radius 1 is 1.05 bits per heavy atom. The molecule has 2 heterocycles. The van der Waals surface area contributed by atoms with Crippen molar-refractivity contribution in [1.82, 2.24) is 4.57 Å². The van der Waals surface area contributed by atoms with Crippen LogP contribution in [0.25, 0.3) is 17.0 Å². The topological polar surface area (TPSA) is 54.6 Å². The first-order valence-corrected chi connectivity index (χ1v) is 6.68. The number of hydrogen-bond donors (Lipinski definition) is 1. The van der Waals surface area contributed by atoms with Gasteiger partial charge in [0, 0.05) is 11.4 Å². The number of aliphatic carboxylic acids is 1. The van der Waals surface area contributed by atoms with Gasteiger partial charge >= 0.3 is 5.97 Å². The Labute approximate surface area is 120 Å². The van der Waals surface area contributed by atoms with Gasteiger partial charge in [-0.3, -0.25) is 0 Å². The third-order valence-corrected chi connectivity index (χ3v) is 3.87. The highest BCUT2D eigenvalue weighted by molar-refractivity contribution is 5.89. The molecule has 1 unspecified atom stereocenters. The van der Waals surface area contributed by atoms with Crippen molar-refractivity contribution >= 4 is 22.9 Å². The van der Waals surface area contributed by atoms with Gasteiger partial charge in [0.1, 0.15) is 0 Å². The Morgan fingerprint density at radius 2 is 1.81 bits per heavy atom. The largest absolute Gasteiger partial charge is 0.478 e. The van der Waals surface area contributed by atoms with Crippen LogP contribution in [0.3, 0.4) is 0 Å². The van der Waals surface area contributed by atoms with Crippen molar-refractivity contribution < 1.29 is 9.90 Å². The van der Waals surface area contributed by atoms with Gasteiger partial charge in [-0.2, -0.15) is 0 Å². The molecule has 102 valence electrons. The summed E-state index contributed by atoms with van der Waals surface area (Å²) in [6, 6.07) is 17.1. The summed E-state index contributed by atoms with van der Waals surface area (Å²) in [5.74, 6) is -0.986. The molecule has 0 fully saturated rings. The lowest BCUT2D eigenvalue weighted by Gasteiger charge is -2.22. The number of hydrogen-bond acceptors (Lipinski definition) is 2. The molecular weight excluding hydrogens is 264 g/mol. The monoisotopic (exact) mass is 276 g/mol. The molecule has 2 aromatic carbocycles. The third-order valence-electron chi connectivity index (χ3n) is 3.87. The second kappa shape index (κ2) is 4.06. The SMILES string of the molecule is O=C(O)C1(n2ccc3ccccc32)C=c2ccccc2=N1. The third kappa shape index (κ3) is 1.56. The number of rotatable bonds is 2. The predicted octanol–water partition coefficient (Wildman–Crippen LogP) is 1.49. The van der Waals surface area contributed by atoms with E-state index in [1.807, 2.05) is 54.6 Å². The summed E-state index contributed by atoms with van der Waals surface area (Å²) in [4.78, 5) is 16.5. The van der Waals surface area contributed by atoms with Gasteiger partial charge in [0.05, 0.1) is 10.9 Å². The van der Waals surface area contributed by atoms with Crippen LogP contribution >= 0.6 is 0 Å². The summed E-state index contributed by atoms with van der Waals surface area (Å²) in [6.45, 7) is 0. The number of benzene rings is 2. The maximum Gasteiger partial charge on any atom is 0.357 e. The summed E-state index contributed by atoms with van der Waals surface area (Å²) in [5.41, 5.74) is -0.556. The number of aromatic nitrogens is 1.